The Labute approximate surface area is 212 Å². The van der Waals surface area contributed by atoms with Gasteiger partial charge in [-0.05, 0) is 25.2 Å². The SMILES string of the molecule is CC[C@H](C)[C@H](CO)N1C(=O)[C@@H]2[C@H]3C(=O)OCCC=C[C@H]3S[C@@]23C=CCN(C2CCCCC2)C(=O)C13. The van der Waals surface area contributed by atoms with Crippen LogP contribution in [0, 0.1) is 17.8 Å². The Bertz CT molecular complexity index is 915. The van der Waals surface area contributed by atoms with Crippen molar-refractivity contribution >= 4 is 29.5 Å². The number of aliphatic hydroxyl groups excluding tert-OH is 1. The molecule has 2 amide bonds. The first kappa shape index (κ1) is 24.9. The first-order chi connectivity index (χ1) is 16.9. The van der Waals surface area contributed by atoms with E-state index >= 15 is 0 Å². The predicted molar refractivity (Wildman–Crippen MR) is 134 cm³/mol. The number of carbonyl (C=O) groups is 3. The van der Waals surface area contributed by atoms with E-state index in [9.17, 15) is 19.5 Å². The van der Waals surface area contributed by atoms with E-state index in [0.29, 0.717) is 19.6 Å². The minimum absolute atomic E-state index is 0.0213. The molecular formula is C27H38N2O5S. The van der Waals surface area contributed by atoms with Crippen LogP contribution in [0.15, 0.2) is 24.3 Å². The molecule has 4 aliphatic heterocycles. The van der Waals surface area contributed by atoms with Crippen molar-refractivity contribution in [2.75, 3.05) is 19.8 Å². The van der Waals surface area contributed by atoms with Gasteiger partial charge in [-0.25, -0.2) is 0 Å². The third kappa shape index (κ3) is 3.95. The van der Waals surface area contributed by atoms with Gasteiger partial charge in [-0.2, -0.15) is 0 Å². The highest BCUT2D eigenvalue weighted by atomic mass is 32.2. The van der Waals surface area contributed by atoms with Crippen molar-refractivity contribution < 1.29 is 24.2 Å². The number of likely N-dealkylation sites (tertiary alicyclic amines) is 1. The van der Waals surface area contributed by atoms with Gasteiger partial charge in [-0.1, -0.05) is 63.8 Å². The monoisotopic (exact) mass is 502 g/mol. The lowest BCUT2D eigenvalue weighted by atomic mass is 9.78. The molecule has 4 heterocycles. The van der Waals surface area contributed by atoms with Gasteiger partial charge >= 0.3 is 5.97 Å². The van der Waals surface area contributed by atoms with Crippen LogP contribution in [0.3, 0.4) is 0 Å². The molecule has 7 nitrogen and oxygen atoms in total. The lowest BCUT2D eigenvalue weighted by Crippen LogP contribution is -2.59. The number of rotatable bonds is 5. The van der Waals surface area contributed by atoms with E-state index in [1.54, 1.807) is 16.7 Å². The lowest BCUT2D eigenvalue weighted by Gasteiger charge is -2.42. The molecule has 1 N–H and O–H groups in total. The van der Waals surface area contributed by atoms with Crippen LogP contribution in [0.2, 0.25) is 0 Å². The molecule has 1 spiro atoms. The van der Waals surface area contributed by atoms with Crippen molar-refractivity contribution in [3.8, 4) is 0 Å². The fourth-order valence-corrected chi connectivity index (χ4v) is 8.94. The number of esters is 1. The van der Waals surface area contributed by atoms with Gasteiger partial charge in [0.25, 0.3) is 0 Å². The maximum Gasteiger partial charge on any atom is 0.311 e. The summed E-state index contributed by atoms with van der Waals surface area (Å²) in [6.07, 6.45) is 15.0. The summed E-state index contributed by atoms with van der Waals surface area (Å²) >= 11 is 1.58. The average molecular weight is 503 g/mol. The van der Waals surface area contributed by atoms with Crippen molar-refractivity contribution in [1.82, 2.24) is 9.80 Å². The summed E-state index contributed by atoms with van der Waals surface area (Å²) in [6.45, 7) is 4.69. The third-order valence-electron chi connectivity index (χ3n) is 8.95. The number of fused-ring (bicyclic) bond motifs is 2. The van der Waals surface area contributed by atoms with Crippen LogP contribution in [0.4, 0.5) is 0 Å². The van der Waals surface area contributed by atoms with E-state index in [1.807, 2.05) is 30.9 Å². The maximum absolute atomic E-state index is 14.4. The number of hydrogen-bond donors (Lipinski definition) is 1. The van der Waals surface area contributed by atoms with Crippen molar-refractivity contribution in [1.29, 1.82) is 0 Å². The van der Waals surface area contributed by atoms with Gasteiger partial charge in [0.1, 0.15) is 6.04 Å². The van der Waals surface area contributed by atoms with E-state index in [4.69, 9.17) is 4.74 Å². The molecule has 5 aliphatic rings. The van der Waals surface area contributed by atoms with Gasteiger partial charge in [-0.15, -0.1) is 11.8 Å². The van der Waals surface area contributed by atoms with Crippen molar-refractivity contribution in [3.05, 3.63) is 24.3 Å². The van der Waals surface area contributed by atoms with Gasteiger partial charge in [0.2, 0.25) is 11.8 Å². The minimum Gasteiger partial charge on any atom is -0.465 e. The first-order valence-corrected chi connectivity index (χ1v) is 14.2. The fraction of sp³-hybridized carbons (Fsp3) is 0.741. The van der Waals surface area contributed by atoms with Crippen LogP contribution in [0.1, 0.15) is 58.8 Å². The molecule has 192 valence electrons. The largest absolute Gasteiger partial charge is 0.465 e. The number of nitrogens with zero attached hydrogens (tertiary/aromatic N) is 2. The molecule has 8 heteroatoms. The van der Waals surface area contributed by atoms with Crippen LogP contribution in [0.25, 0.3) is 0 Å². The molecular weight excluding hydrogens is 464 g/mol. The van der Waals surface area contributed by atoms with Crippen molar-refractivity contribution in [3.63, 3.8) is 0 Å². The second kappa shape index (κ2) is 9.92. The quantitative estimate of drug-likeness (QED) is 0.460. The molecule has 0 radical (unpaired) electrons. The number of thioether (sulfide) groups is 1. The zero-order valence-electron chi connectivity index (χ0n) is 20.8. The Morgan fingerprint density at radius 1 is 1.17 bits per heavy atom. The minimum atomic E-state index is -0.846. The Hall–Kier alpha value is -1.80. The number of aliphatic hydroxyl groups is 1. The number of amides is 2. The topological polar surface area (TPSA) is 87.2 Å². The van der Waals surface area contributed by atoms with E-state index in [2.05, 4.69) is 12.2 Å². The molecule has 1 unspecified atom stereocenters. The molecule has 7 atom stereocenters. The van der Waals surface area contributed by atoms with Crippen LogP contribution < -0.4 is 0 Å². The van der Waals surface area contributed by atoms with Gasteiger partial charge in [-0.3, -0.25) is 14.4 Å². The summed E-state index contributed by atoms with van der Waals surface area (Å²) in [5, 5.41) is 10.2. The van der Waals surface area contributed by atoms with Crippen molar-refractivity contribution in [2.24, 2.45) is 17.8 Å². The molecule has 2 saturated heterocycles. The van der Waals surface area contributed by atoms with Gasteiger partial charge in [0.05, 0.1) is 35.8 Å². The van der Waals surface area contributed by atoms with Crippen LogP contribution in [0.5, 0.6) is 0 Å². The Balaban J connectivity index is 1.62. The van der Waals surface area contributed by atoms with E-state index < -0.39 is 28.7 Å². The van der Waals surface area contributed by atoms with Gasteiger partial charge in [0.15, 0.2) is 0 Å². The summed E-state index contributed by atoms with van der Waals surface area (Å²) in [5.41, 5.74) is 0. The Morgan fingerprint density at radius 3 is 2.66 bits per heavy atom. The van der Waals surface area contributed by atoms with E-state index in [0.717, 1.165) is 32.1 Å². The zero-order chi connectivity index (χ0) is 24.7. The Morgan fingerprint density at radius 2 is 1.94 bits per heavy atom. The summed E-state index contributed by atoms with van der Waals surface area (Å²) in [6, 6.07) is -1.03. The second-order valence-corrected chi connectivity index (χ2v) is 12.3. The average Bonchev–Trinajstić information content (AvgIpc) is 3.24. The van der Waals surface area contributed by atoms with Gasteiger partial charge < -0.3 is 19.6 Å². The van der Waals surface area contributed by atoms with Crippen molar-refractivity contribution in [2.45, 2.75) is 86.9 Å². The molecule has 1 aliphatic carbocycles. The number of carbonyl (C=O) groups excluding carboxylic acids is 3. The summed E-state index contributed by atoms with van der Waals surface area (Å²) in [4.78, 5) is 45.6. The summed E-state index contributed by atoms with van der Waals surface area (Å²) < 4.78 is 4.71. The second-order valence-electron chi connectivity index (χ2n) is 10.8. The normalized spacial score (nSPS) is 37.2. The zero-order valence-corrected chi connectivity index (χ0v) is 21.6. The molecule has 0 aromatic heterocycles. The van der Waals surface area contributed by atoms with E-state index in [-0.39, 0.29) is 41.6 Å². The van der Waals surface area contributed by atoms with Crippen LogP contribution in [-0.2, 0) is 19.1 Å². The highest BCUT2D eigenvalue weighted by Crippen LogP contribution is 2.61. The summed E-state index contributed by atoms with van der Waals surface area (Å²) in [5.74, 6) is -1.86. The molecule has 3 fully saturated rings. The maximum atomic E-state index is 14.4. The predicted octanol–water partition coefficient (Wildman–Crippen LogP) is 2.93. The molecule has 0 aromatic carbocycles. The van der Waals surface area contributed by atoms with Crippen LogP contribution >= 0.6 is 11.8 Å². The first-order valence-electron chi connectivity index (χ1n) is 13.4. The number of hydrogen-bond acceptors (Lipinski definition) is 6. The smallest absolute Gasteiger partial charge is 0.311 e. The highest BCUT2D eigenvalue weighted by Gasteiger charge is 2.72. The number of cyclic esters (lactones) is 1. The van der Waals surface area contributed by atoms with Gasteiger partial charge in [0, 0.05) is 17.8 Å². The third-order valence-corrected chi connectivity index (χ3v) is 10.7. The summed E-state index contributed by atoms with van der Waals surface area (Å²) in [7, 11) is 0. The number of ether oxygens (including phenoxy) is 1. The Kier molecular flexibility index (Phi) is 7.05. The molecule has 0 bridgehead atoms. The molecule has 0 aromatic rings. The molecule has 5 rings (SSSR count). The fourth-order valence-electron chi connectivity index (χ4n) is 6.96. The molecule has 1 saturated carbocycles. The van der Waals surface area contributed by atoms with Crippen LogP contribution in [-0.4, -0.2) is 80.6 Å². The standard InChI is InChI=1S/C27H38N2O5S/c1-3-17(2)19(16-30)29-23-25(32)28(18-10-5-4-6-11-18)14-9-13-27(23)22(24(29)31)21-20(35-27)12-7-8-15-34-26(21)33/h7,9,12-13,17-23,30H,3-6,8,10-11,14-16H2,1-2H3/t17-,19-,20+,21-,22-,23?,27-/m0/s1. The molecule has 35 heavy (non-hydrogen) atoms. The lowest BCUT2D eigenvalue weighted by molar-refractivity contribution is -0.154. The highest BCUT2D eigenvalue weighted by molar-refractivity contribution is 8.02. The van der Waals surface area contributed by atoms with E-state index in [1.165, 1.54) is 6.42 Å².